The Morgan fingerprint density at radius 1 is 1.50 bits per heavy atom. The molecule has 2 heteroatoms. The van der Waals surface area contributed by atoms with E-state index in [0.29, 0.717) is 0 Å². The molecule has 0 aliphatic heterocycles. The molecule has 1 fully saturated rings. The summed E-state index contributed by atoms with van der Waals surface area (Å²) in [5.41, 5.74) is 0. The number of hydrogen-bond donors (Lipinski definition) is 0. The maximum absolute atomic E-state index is 10.8. The fourth-order valence-electron chi connectivity index (χ4n) is 1.51. The second-order valence-electron chi connectivity index (χ2n) is 3.02. The standard InChI is InChI=1S/C8H12O2/c1-6(10)8-3-2-7(4-8)5-9/h5,7-8H,2-4H2,1H3/t7-,8+/m0/s1. The van der Waals surface area contributed by atoms with Gasteiger partial charge in [0.15, 0.2) is 0 Å². The topological polar surface area (TPSA) is 34.1 Å². The van der Waals surface area contributed by atoms with Crippen LogP contribution in [0.15, 0.2) is 0 Å². The summed E-state index contributed by atoms with van der Waals surface area (Å²) < 4.78 is 0. The van der Waals surface area contributed by atoms with Crippen LogP contribution in [0.1, 0.15) is 26.2 Å². The van der Waals surface area contributed by atoms with E-state index < -0.39 is 0 Å². The van der Waals surface area contributed by atoms with E-state index in [1.54, 1.807) is 6.92 Å². The number of carbonyl (C=O) groups is 2. The second kappa shape index (κ2) is 2.95. The van der Waals surface area contributed by atoms with Crippen molar-refractivity contribution in [3.8, 4) is 0 Å². The zero-order valence-electron chi connectivity index (χ0n) is 6.17. The first-order valence-electron chi connectivity index (χ1n) is 3.69. The second-order valence-corrected chi connectivity index (χ2v) is 3.02. The van der Waals surface area contributed by atoms with Gasteiger partial charge >= 0.3 is 0 Å². The van der Waals surface area contributed by atoms with Gasteiger partial charge in [-0.3, -0.25) is 4.79 Å². The van der Waals surface area contributed by atoms with Gasteiger partial charge in [0.1, 0.15) is 12.1 Å². The SMILES string of the molecule is CC(=O)[C@@H]1CC[C@H](C=O)C1. The fourth-order valence-corrected chi connectivity index (χ4v) is 1.51. The number of carbonyl (C=O) groups excluding carboxylic acids is 2. The Kier molecular flexibility index (Phi) is 2.20. The number of rotatable bonds is 2. The molecule has 0 amide bonds. The van der Waals surface area contributed by atoms with E-state index in [2.05, 4.69) is 0 Å². The van der Waals surface area contributed by atoms with Crippen molar-refractivity contribution in [2.24, 2.45) is 11.8 Å². The van der Waals surface area contributed by atoms with Gasteiger partial charge in [-0.1, -0.05) is 0 Å². The third-order valence-corrected chi connectivity index (χ3v) is 2.24. The Balaban J connectivity index is 2.42. The predicted molar refractivity (Wildman–Crippen MR) is 37.6 cm³/mol. The Bertz CT molecular complexity index is 151. The molecule has 0 aromatic carbocycles. The molecule has 1 rings (SSSR count). The lowest BCUT2D eigenvalue weighted by atomic mass is 10.0. The average Bonchev–Trinajstić information content (AvgIpc) is 2.34. The molecule has 0 N–H and O–H groups in total. The number of hydrogen-bond acceptors (Lipinski definition) is 2. The van der Waals surface area contributed by atoms with E-state index in [1.807, 2.05) is 0 Å². The van der Waals surface area contributed by atoms with Crippen molar-refractivity contribution < 1.29 is 9.59 Å². The van der Waals surface area contributed by atoms with E-state index in [-0.39, 0.29) is 17.6 Å². The maximum Gasteiger partial charge on any atom is 0.132 e. The highest BCUT2D eigenvalue weighted by Gasteiger charge is 2.26. The van der Waals surface area contributed by atoms with Crippen molar-refractivity contribution >= 4 is 12.1 Å². The van der Waals surface area contributed by atoms with Gasteiger partial charge in [0.05, 0.1) is 0 Å². The van der Waals surface area contributed by atoms with E-state index in [9.17, 15) is 9.59 Å². The lowest BCUT2D eigenvalue weighted by Crippen LogP contribution is -2.06. The molecular formula is C8H12O2. The van der Waals surface area contributed by atoms with Gasteiger partial charge in [-0.05, 0) is 26.2 Å². The van der Waals surface area contributed by atoms with Crippen molar-refractivity contribution in [2.45, 2.75) is 26.2 Å². The summed E-state index contributed by atoms with van der Waals surface area (Å²) in [5.74, 6) is 0.577. The molecule has 0 saturated heterocycles. The quantitative estimate of drug-likeness (QED) is 0.540. The summed E-state index contributed by atoms with van der Waals surface area (Å²) in [5, 5.41) is 0. The third kappa shape index (κ3) is 1.43. The smallest absolute Gasteiger partial charge is 0.132 e. The number of aldehydes is 1. The minimum Gasteiger partial charge on any atom is -0.303 e. The lowest BCUT2D eigenvalue weighted by Gasteiger charge is -2.01. The van der Waals surface area contributed by atoms with Crippen molar-refractivity contribution in [1.82, 2.24) is 0 Å². The summed E-state index contributed by atoms with van der Waals surface area (Å²) in [6, 6.07) is 0. The minimum atomic E-state index is 0.161. The van der Waals surface area contributed by atoms with Crippen LogP contribution in [0, 0.1) is 11.8 Å². The van der Waals surface area contributed by atoms with Crippen LogP contribution in [0.2, 0.25) is 0 Å². The molecule has 1 aliphatic rings. The monoisotopic (exact) mass is 140 g/mol. The zero-order chi connectivity index (χ0) is 7.56. The first-order chi connectivity index (χ1) is 4.74. The van der Waals surface area contributed by atoms with Crippen LogP contribution in [0.5, 0.6) is 0 Å². The summed E-state index contributed by atoms with van der Waals surface area (Å²) in [6.07, 6.45) is 3.59. The van der Waals surface area contributed by atoms with Gasteiger partial charge in [-0.25, -0.2) is 0 Å². The van der Waals surface area contributed by atoms with Gasteiger partial charge in [0.2, 0.25) is 0 Å². The Hall–Kier alpha value is -0.660. The molecule has 10 heavy (non-hydrogen) atoms. The highest BCUT2D eigenvalue weighted by Crippen LogP contribution is 2.29. The van der Waals surface area contributed by atoms with E-state index in [4.69, 9.17) is 0 Å². The van der Waals surface area contributed by atoms with Gasteiger partial charge < -0.3 is 4.79 Å². The van der Waals surface area contributed by atoms with Crippen molar-refractivity contribution in [1.29, 1.82) is 0 Å². The van der Waals surface area contributed by atoms with Crippen LogP contribution in [-0.2, 0) is 9.59 Å². The van der Waals surface area contributed by atoms with Crippen molar-refractivity contribution in [3.63, 3.8) is 0 Å². The van der Waals surface area contributed by atoms with E-state index in [0.717, 1.165) is 25.5 Å². The lowest BCUT2D eigenvalue weighted by molar-refractivity contribution is -0.120. The summed E-state index contributed by atoms with van der Waals surface area (Å²) >= 11 is 0. The molecule has 0 spiro atoms. The average molecular weight is 140 g/mol. The van der Waals surface area contributed by atoms with E-state index >= 15 is 0 Å². The van der Waals surface area contributed by atoms with Gasteiger partial charge in [-0.2, -0.15) is 0 Å². The predicted octanol–water partition coefficient (Wildman–Crippen LogP) is 1.19. The highest BCUT2D eigenvalue weighted by atomic mass is 16.1. The Labute approximate surface area is 60.6 Å². The van der Waals surface area contributed by atoms with E-state index in [1.165, 1.54) is 0 Å². The van der Waals surface area contributed by atoms with Gasteiger partial charge in [0.25, 0.3) is 0 Å². The highest BCUT2D eigenvalue weighted by molar-refractivity contribution is 5.79. The maximum atomic E-state index is 10.8. The van der Waals surface area contributed by atoms with Crippen molar-refractivity contribution in [2.75, 3.05) is 0 Å². The molecule has 0 unspecified atom stereocenters. The largest absolute Gasteiger partial charge is 0.303 e. The molecule has 0 aromatic heterocycles. The van der Waals surface area contributed by atoms with Gasteiger partial charge in [-0.15, -0.1) is 0 Å². The normalized spacial score (nSPS) is 32.1. The molecule has 2 atom stereocenters. The van der Waals surface area contributed by atoms with Crippen LogP contribution in [0.25, 0.3) is 0 Å². The Morgan fingerprint density at radius 3 is 2.50 bits per heavy atom. The van der Waals surface area contributed by atoms with Gasteiger partial charge in [0, 0.05) is 11.8 Å². The summed E-state index contributed by atoms with van der Waals surface area (Å²) in [6.45, 7) is 1.61. The number of Topliss-reactive ketones (excluding diaryl/α,β-unsaturated/α-hetero) is 1. The molecule has 2 nitrogen and oxygen atoms in total. The molecule has 56 valence electrons. The molecule has 0 bridgehead atoms. The molecule has 1 aliphatic carbocycles. The van der Waals surface area contributed by atoms with Crippen LogP contribution < -0.4 is 0 Å². The Morgan fingerprint density at radius 2 is 2.20 bits per heavy atom. The molecule has 0 radical (unpaired) electrons. The van der Waals surface area contributed by atoms with Crippen molar-refractivity contribution in [3.05, 3.63) is 0 Å². The molecule has 0 aromatic rings. The molecular weight excluding hydrogens is 128 g/mol. The van der Waals surface area contributed by atoms with Crippen LogP contribution in [0.4, 0.5) is 0 Å². The van der Waals surface area contributed by atoms with Crippen LogP contribution >= 0.6 is 0 Å². The molecule has 0 heterocycles. The molecule has 1 saturated carbocycles. The van der Waals surface area contributed by atoms with Crippen LogP contribution in [-0.4, -0.2) is 12.1 Å². The zero-order valence-corrected chi connectivity index (χ0v) is 6.17. The van der Waals surface area contributed by atoms with Crippen LogP contribution in [0.3, 0.4) is 0 Å². The summed E-state index contributed by atoms with van der Waals surface area (Å²) in [4.78, 5) is 21.1. The fraction of sp³-hybridized carbons (Fsp3) is 0.750. The first-order valence-corrected chi connectivity index (χ1v) is 3.69. The third-order valence-electron chi connectivity index (χ3n) is 2.24. The minimum absolute atomic E-state index is 0.161. The number of ketones is 1. The summed E-state index contributed by atoms with van der Waals surface area (Å²) in [7, 11) is 0. The first kappa shape index (κ1) is 7.45.